The molecule has 0 saturated heterocycles. The van der Waals surface area contributed by atoms with Crippen molar-refractivity contribution in [1.82, 2.24) is 19.8 Å². The highest BCUT2D eigenvalue weighted by molar-refractivity contribution is 6.30. The molecular weight excluding hydrogens is 462 g/mol. The van der Waals surface area contributed by atoms with Gasteiger partial charge in [0, 0.05) is 64.3 Å². The monoisotopic (exact) mass is 491 g/mol. The van der Waals surface area contributed by atoms with Gasteiger partial charge in [-0.2, -0.15) is 0 Å². The minimum Gasteiger partial charge on any atom is -0.333 e. The van der Waals surface area contributed by atoms with Crippen LogP contribution in [0.5, 0.6) is 0 Å². The van der Waals surface area contributed by atoms with Crippen molar-refractivity contribution in [3.8, 4) is 0 Å². The normalized spacial score (nSPS) is 15.6. The van der Waals surface area contributed by atoms with E-state index in [-0.39, 0.29) is 11.8 Å². The lowest BCUT2D eigenvalue weighted by Crippen LogP contribution is -2.38. The van der Waals surface area contributed by atoms with Crippen molar-refractivity contribution in [2.75, 3.05) is 31.1 Å². The van der Waals surface area contributed by atoms with Crippen LogP contribution in [0.15, 0.2) is 67.0 Å². The van der Waals surface area contributed by atoms with E-state index in [4.69, 9.17) is 11.6 Å². The molecule has 2 amide bonds. The van der Waals surface area contributed by atoms with Gasteiger partial charge in [-0.15, -0.1) is 0 Å². The number of anilines is 1. The summed E-state index contributed by atoms with van der Waals surface area (Å²) < 4.78 is 0. The second-order valence-electron chi connectivity index (χ2n) is 8.69. The van der Waals surface area contributed by atoms with Crippen molar-refractivity contribution in [2.24, 2.45) is 0 Å². The molecule has 0 fully saturated rings. The third-order valence-electron chi connectivity index (χ3n) is 6.13. The molecule has 0 spiro atoms. The highest BCUT2D eigenvalue weighted by Crippen LogP contribution is 2.24. The highest BCUT2D eigenvalue weighted by atomic mass is 35.5. The lowest BCUT2D eigenvalue weighted by molar-refractivity contribution is -0.116. The molecule has 7 nitrogen and oxygen atoms in total. The zero-order valence-corrected chi connectivity index (χ0v) is 20.7. The van der Waals surface area contributed by atoms with Crippen LogP contribution in [0.1, 0.15) is 41.5 Å². The average molecular weight is 492 g/mol. The van der Waals surface area contributed by atoms with Gasteiger partial charge in [0.15, 0.2) is 0 Å². The van der Waals surface area contributed by atoms with E-state index >= 15 is 0 Å². The van der Waals surface area contributed by atoms with Gasteiger partial charge in [-0.1, -0.05) is 35.9 Å². The standard InChI is InChI=1S/C27H30ClN5O2/c1-21(34)33-17-7-15-31(20-24-9-4-5-13-29-24)14-6-16-32(19-22-8-2-3-10-26(22)33)27(35)25-12-11-23(28)18-30-25/h2-5,8-13,18H,6-7,14-17,19-20H2,1H3. The molecular formula is C27H30ClN5O2. The fourth-order valence-corrected chi connectivity index (χ4v) is 4.52. The summed E-state index contributed by atoms with van der Waals surface area (Å²) in [6, 6.07) is 17.1. The first-order valence-electron chi connectivity index (χ1n) is 11.9. The maximum absolute atomic E-state index is 13.4. The summed E-state index contributed by atoms with van der Waals surface area (Å²) in [5, 5.41) is 0.489. The van der Waals surface area contributed by atoms with Crippen LogP contribution in [-0.4, -0.2) is 57.8 Å². The Hall–Kier alpha value is -3.29. The van der Waals surface area contributed by atoms with Gasteiger partial charge in [0.25, 0.3) is 5.91 Å². The minimum absolute atomic E-state index is 0.0111. The van der Waals surface area contributed by atoms with Crippen LogP contribution in [0.4, 0.5) is 5.69 Å². The highest BCUT2D eigenvalue weighted by Gasteiger charge is 2.23. The van der Waals surface area contributed by atoms with E-state index in [1.54, 1.807) is 25.3 Å². The zero-order chi connectivity index (χ0) is 24.6. The third kappa shape index (κ3) is 6.65. The lowest BCUT2D eigenvalue weighted by atomic mass is 10.1. The van der Waals surface area contributed by atoms with E-state index in [0.717, 1.165) is 49.4 Å². The van der Waals surface area contributed by atoms with E-state index in [2.05, 4.69) is 14.9 Å². The van der Waals surface area contributed by atoms with Crippen LogP contribution in [0, 0.1) is 0 Å². The quantitative estimate of drug-likeness (QED) is 0.542. The van der Waals surface area contributed by atoms with Crippen LogP contribution in [0.2, 0.25) is 5.02 Å². The average Bonchev–Trinajstić information content (AvgIpc) is 2.86. The van der Waals surface area contributed by atoms with Crippen LogP contribution < -0.4 is 4.90 Å². The molecule has 8 heteroatoms. The summed E-state index contributed by atoms with van der Waals surface area (Å²) in [5.41, 5.74) is 3.15. The number of aromatic nitrogens is 2. The molecule has 1 aliphatic rings. The Morgan fingerprint density at radius 1 is 0.914 bits per heavy atom. The number of benzene rings is 1. The third-order valence-corrected chi connectivity index (χ3v) is 6.35. The number of amides is 2. The largest absolute Gasteiger partial charge is 0.333 e. The van der Waals surface area contributed by atoms with Crippen molar-refractivity contribution >= 4 is 29.1 Å². The zero-order valence-electron chi connectivity index (χ0n) is 19.9. The number of para-hydroxylation sites is 1. The fraction of sp³-hybridized carbons (Fsp3) is 0.333. The smallest absolute Gasteiger partial charge is 0.272 e. The van der Waals surface area contributed by atoms with Gasteiger partial charge in [-0.25, -0.2) is 4.98 Å². The Labute approximate surface area is 211 Å². The van der Waals surface area contributed by atoms with Gasteiger partial charge < -0.3 is 9.80 Å². The summed E-state index contributed by atoms with van der Waals surface area (Å²) >= 11 is 5.98. The molecule has 0 saturated carbocycles. The number of nitrogens with zero attached hydrogens (tertiary/aromatic N) is 5. The van der Waals surface area contributed by atoms with Gasteiger partial charge in [0.2, 0.25) is 5.91 Å². The van der Waals surface area contributed by atoms with Crippen molar-refractivity contribution < 1.29 is 9.59 Å². The Morgan fingerprint density at radius 2 is 1.69 bits per heavy atom. The molecule has 0 unspecified atom stereocenters. The van der Waals surface area contributed by atoms with E-state index in [1.165, 1.54) is 6.20 Å². The van der Waals surface area contributed by atoms with Crippen molar-refractivity contribution in [3.05, 3.63) is 89.0 Å². The van der Waals surface area contributed by atoms with E-state index in [0.29, 0.717) is 30.4 Å². The van der Waals surface area contributed by atoms with E-state index < -0.39 is 0 Å². The summed E-state index contributed by atoms with van der Waals surface area (Å²) in [6.45, 7) is 5.53. The molecule has 0 radical (unpaired) electrons. The maximum Gasteiger partial charge on any atom is 0.272 e. The first-order valence-corrected chi connectivity index (χ1v) is 12.3. The summed E-state index contributed by atoms with van der Waals surface area (Å²) in [7, 11) is 0. The Morgan fingerprint density at radius 3 is 2.40 bits per heavy atom. The number of carbonyl (C=O) groups is 2. The Bertz CT molecular complexity index is 1140. The van der Waals surface area contributed by atoms with Gasteiger partial charge in [-0.05, 0) is 48.7 Å². The molecule has 0 aliphatic carbocycles. The van der Waals surface area contributed by atoms with Crippen LogP contribution in [-0.2, 0) is 17.9 Å². The molecule has 0 bridgehead atoms. The first kappa shape index (κ1) is 24.8. The number of halogens is 1. The molecule has 3 heterocycles. The molecule has 0 N–H and O–H groups in total. The second-order valence-corrected chi connectivity index (χ2v) is 9.13. The number of fused-ring (bicyclic) bond motifs is 1. The van der Waals surface area contributed by atoms with Gasteiger partial charge >= 0.3 is 0 Å². The molecule has 2 aromatic heterocycles. The van der Waals surface area contributed by atoms with Crippen LogP contribution in [0.3, 0.4) is 0 Å². The summed E-state index contributed by atoms with van der Waals surface area (Å²) in [4.78, 5) is 40.8. The summed E-state index contributed by atoms with van der Waals surface area (Å²) in [5.74, 6) is -0.165. The SMILES string of the molecule is CC(=O)N1CCCN(Cc2ccccn2)CCCN(C(=O)c2ccc(Cl)cn2)Cc2ccccc21. The molecule has 182 valence electrons. The number of carbonyl (C=O) groups excluding carboxylic acids is 2. The lowest BCUT2D eigenvalue weighted by Gasteiger charge is -2.31. The minimum atomic E-state index is -0.154. The number of hydrogen-bond donors (Lipinski definition) is 0. The van der Waals surface area contributed by atoms with Crippen molar-refractivity contribution in [1.29, 1.82) is 0 Å². The first-order chi connectivity index (χ1) is 17.0. The Kier molecular flexibility index (Phi) is 8.45. The predicted molar refractivity (Wildman–Crippen MR) is 137 cm³/mol. The topological polar surface area (TPSA) is 69.6 Å². The molecule has 1 aromatic carbocycles. The summed E-state index contributed by atoms with van der Waals surface area (Å²) in [6.07, 6.45) is 4.95. The second kappa shape index (κ2) is 11.9. The van der Waals surface area contributed by atoms with Gasteiger partial charge in [-0.3, -0.25) is 19.5 Å². The van der Waals surface area contributed by atoms with E-state index in [9.17, 15) is 9.59 Å². The van der Waals surface area contributed by atoms with Crippen LogP contribution >= 0.6 is 11.6 Å². The molecule has 4 rings (SSSR count). The Balaban J connectivity index is 1.63. The van der Waals surface area contributed by atoms with Crippen LogP contribution in [0.25, 0.3) is 0 Å². The number of pyridine rings is 2. The predicted octanol–water partition coefficient (Wildman–Crippen LogP) is 4.42. The molecule has 1 aliphatic heterocycles. The maximum atomic E-state index is 13.4. The molecule has 3 aromatic rings. The number of hydrogen-bond acceptors (Lipinski definition) is 5. The van der Waals surface area contributed by atoms with Crippen molar-refractivity contribution in [2.45, 2.75) is 32.9 Å². The van der Waals surface area contributed by atoms with E-state index in [1.807, 2.05) is 52.3 Å². The van der Waals surface area contributed by atoms with Gasteiger partial charge in [0.1, 0.15) is 5.69 Å². The number of rotatable bonds is 3. The fourth-order valence-electron chi connectivity index (χ4n) is 4.41. The molecule has 35 heavy (non-hydrogen) atoms. The van der Waals surface area contributed by atoms with Gasteiger partial charge in [0.05, 0.1) is 10.7 Å². The molecule has 0 atom stereocenters. The van der Waals surface area contributed by atoms with Crippen molar-refractivity contribution in [3.63, 3.8) is 0 Å².